The maximum Gasteiger partial charge on any atom is 0.168 e. The van der Waals surface area contributed by atoms with E-state index in [9.17, 15) is 4.79 Å². The highest BCUT2D eigenvalue weighted by Gasteiger charge is 2.03. The van der Waals surface area contributed by atoms with Crippen molar-refractivity contribution in [1.29, 1.82) is 0 Å². The number of hydrogen-bond acceptors (Lipinski definition) is 3. The average Bonchev–Trinajstić information content (AvgIpc) is 2.32. The zero-order valence-corrected chi connectivity index (χ0v) is 7.36. The number of rotatable bonds is 3. The topological polar surface area (TPSA) is 45.8 Å². The Labute approximate surface area is 69.6 Å². The van der Waals surface area contributed by atoms with Crippen LogP contribution in [0.4, 0.5) is 0 Å². The Hall–Kier alpha value is -0.770. The Morgan fingerprint density at radius 1 is 1.73 bits per heavy atom. The third-order valence-corrected chi connectivity index (χ3v) is 2.06. The summed E-state index contributed by atoms with van der Waals surface area (Å²) in [6.45, 7) is 3.86. The first-order valence-electron chi connectivity index (χ1n) is 3.42. The summed E-state index contributed by atoms with van der Waals surface area (Å²) in [5.41, 5.74) is 1.36. The predicted molar refractivity (Wildman–Crippen MR) is 45.1 cm³/mol. The lowest BCUT2D eigenvalue weighted by molar-refractivity contribution is 0.111. The molecule has 60 valence electrons. The lowest BCUT2D eigenvalue weighted by Crippen LogP contribution is -1.81. The van der Waals surface area contributed by atoms with Crippen LogP contribution in [0.15, 0.2) is 5.16 Å². The smallest absolute Gasteiger partial charge is 0.168 e. The number of aryl methyl sites for hydroxylation is 1. The zero-order valence-electron chi connectivity index (χ0n) is 6.55. The first kappa shape index (κ1) is 8.33. The highest BCUT2D eigenvalue weighted by Crippen LogP contribution is 2.14. The number of nitrogens with zero attached hydrogens (tertiary/aromatic N) is 1. The minimum Gasteiger partial charge on any atom is -0.331 e. The fourth-order valence-corrected chi connectivity index (χ4v) is 1.42. The molecule has 0 aliphatic carbocycles. The van der Waals surface area contributed by atoms with Gasteiger partial charge in [0.25, 0.3) is 0 Å². The maximum absolute atomic E-state index is 10.4. The van der Waals surface area contributed by atoms with Crippen LogP contribution in [0.2, 0.25) is 0 Å². The van der Waals surface area contributed by atoms with Gasteiger partial charge in [-0.25, -0.2) is 4.98 Å². The van der Waals surface area contributed by atoms with Crippen LogP contribution in [0.25, 0.3) is 0 Å². The highest BCUT2D eigenvalue weighted by atomic mass is 32.2. The van der Waals surface area contributed by atoms with Crippen molar-refractivity contribution in [3.05, 3.63) is 11.4 Å². The van der Waals surface area contributed by atoms with Crippen molar-refractivity contribution in [1.82, 2.24) is 9.97 Å². The van der Waals surface area contributed by atoms with E-state index in [1.54, 1.807) is 11.8 Å². The molecule has 0 aromatic carbocycles. The molecule has 0 radical (unpaired) electrons. The van der Waals surface area contributed by atoms with Crippen molar-refractivity contribution in [2.45, 2.75) is 19.0 Å². The molecule has 1 N–H and O–H groups in total. The van der Waals surface area contributed by atoms with Crippen LogP contribution in [0, 0.1) is 6.92 Å². The van der Waals surface area contributed by atoms with Gasteiger partial charge in [0, 0.05) is 0 Å². The average molecular weight is 170 g/mol. The fraction of sp³-hybridized carbons (Fsp3) is 0.429. The quantitative estimate of drug-likeness (QED) is 0.554. The van der Waals surface area contributed by atoms with Crippen molar-refractivity contribution >= 4 is 18.0 Å². The van der Waals surface area contributed by atoms with Gasteiger partial charge in [-0.15, -0.1) is 0 Å². The van der Waals surface area contributed by atoms with E-state index in [0.717, 1.165) is 22.9 Å². The van der Waals surface area contributed by atoms with Crippen molar-refractivity contribution in [3.8, 4) is 0 Å². The minimum absolute atomic E-state index is 0.584. The zero-order chi connectivity index (χ0) is 8.27. The van der Waals surface area contributed by atoms with E-state index >= 15 is 0 Å². The highest BCUT2D eigenvalue weighted by molar-refractivity contribution is 7.99. The first-order valence-corrected chi connectivity index (χ1v) is 4.41. The predicted octanol–water partition coefficient (Wildman–Crippen LogP) is 1.64. The van der Waals surface area contributed by atoms with Gasteiger partial charge in [-0.2, -0.15) is 0 Å². The molecule has 0 bridgehead atoms. The number of carbonyl (C=O) groups excluding carboxylic acids is 1. The van der Waals surface area contributed by atoms with Gasteiger partial charge in [0.15, 0.2) is 11.4 Å². The number of nitrogens with one attached hydrogen (secondary N) is 1. The van der Waals surface area contributed by atoms with E-state index in [2.05, 4.69) is 9.97 Å². The minimum atomic E-state index is 0.584. The van der Waals surface area contributed by atoms with Gasteiger partial charge in [-0.3, -0.25) is 4.79 Å². The third kappa shape index (κ3) is 1.83. The number of aromatic nitrogens is 2. The second-order valence-electron chi connectivity index (χ2n) is 2.09. The van der Waals surface area contributed by atoms with Crippen LogP contribution < -0.4 is 0 Å². The van der Waals surface area contributed by atoms with E-state index in [4.69, 9.17) is 0 Å². The molecule has 1 aromatic heterocycles. The summed E-state index contributed by atoms with van der Waals surface area (Å²) in [5, 5.41) is 0.826. The standard InChI is InChI=1S/C7H10N2OS/c1-3-11-7-8-5(2)6(4-10)9-7/h4H,3H2,1-2H3,(H,8,9). The van der Waals surface area contributed by atoms with Crippen molar-refractivity contribution in [2.75, 3.05) is 5.75 Å². The van der Waals surface area contributed by atoms with Crippen LogP contribution in [-0.2, 0) is 0 Å². The van der Waals surface area contributed by atoms with Crippen LogP contribution >= 0.6 is 11.8 Å². The maximum atomic E-state index is 10.4. The summed E-state index contributed by atoms with van der Waals surface area (Å²) < 4.78 is 0. The Morgan fingerprint density at radius 2 is 2.45 bits per heavy atom. The lowest BCUT2D eigenvalue weighted by atomic mass is 10.4. The van der Waals surface area contributed by atoms with Crippen molar-refractivity contribution in [2.24, 2.45) is 0 Å². The monoisotopic (exact) mass is 170 g/mol. The van der Waals surface area contributed by atoms with Gasteiger partial charge in [-0.05, 0) is 12.7 Å². The van der Waals surface area contributed by atoms with E-state index in [-0.39, 0.29) is 0 Å². The summed E-state index contributed by atoms with van der Waals surface area (Å²) >= 11 is 1.60. The number of carbonyl (C=O) groups is 1. The summed E-state index contributed by atoms with van der Waals surface area (Å²) in [5.74, 6) is 0.964. The largest absolute Gasteiger partial charge is 0.331 e. The van der Waals surface area contributed by atoms with Gasteiger partial charge < -0.3 is 4.98 Å². The molecule has 1 aromatic rings. The van der Waals surface area contributed by atoms with E-state index < -0.39 is 0 Å². The van der Waals surface area contributed by atoms with Gasteiger partial charge in [-0.1, -0.05) is 18.7 Å². The van der Waals surface area contributed by atoms with Crippen molar-refractivity contribution < 1.29 is 4.79 Å². The molecule has 4 heteroatoms. The molecule has 1 heterocycles. The Kier molecular flexibility index (Phi) is 2.70. The number of imidazole rings is 1. The third-order valence-electron chi connectivity index (χ3n) is 1.30. The number of aromatic amines is 1. The SMILES string of the molecule is CCSc1nc(C)c(C=O)[nH]1. The number of H-pyrrole nitrogens is 1. The second kappa shape index (κ2) is 3.57. The Bertz CT molecular complexity index is 257. The molecule has 0 spiro atoms. The summed E-state index contributed by atoms with van der Waals surface area (Å²) in [6.07, 6.45) is 0.794. The molecular weight excluding hydrogens is 160 g/mol. The van der Waals surface area contributed by atoms with Crippen LogP contribution in [-0.4, -0.2) is 22.0 Å². The van der Waals surface area contributed by atoms with E-state index in [0.29, 0.717) is 5.69 Å². The van der Waals surface area contributed by atoms with E-state index in [1.165, 1.54) is 0 Å². The fourth-order valence-electron chi connectivity index (χ4n) is 0.766. The molecule has 3 nitrogen and oxygen atoms in total. The van der Waals surface area contributed by atoms with Crippen LogP contribution in [0.3, 0.4) is 0 Å². The molecule has 1 rings (SSSR count). The van der Waals surface area contributed by atoms with Crippen LogP contribution in [0.5, 0.6) is 0 Å². The summed E-state index contributed by atoms with van der Waals surface area (Å²) in [7, 11) is 0. The molecule has 0 atom stereocenters. The van der Waals surface area contributed by atoms with Gasteiger partial charge in [0.1, 0.15) is 5.69 Å². The molecule has 0 amide bonds. The molecule has 0 fully saturated rings. The summed E-state index contributed by atoms with van der Waals surface area (Å²) in [6, 6.07) is 0. The molecule has 0 aliphatic rings. The van der Waals surface area contributed by atoms with Crippen LogP contribution in [0.1, 0.15) is 23.1 Å². The number of hydrogen-bond donors (Lipinski definition) is 1. The molecule has 0 unspecified atom stereocenters. The second-order valence-corrected chi connectivity index (χ2v) is 3.34. The normalized spacial score (nSPS) is 10.0. The number of aldehydes is 1. The number of thioether (sulfide) groups is 1. The molecular formula is C7H10N2OS. The Morgan fingerprint density at radius 3 is 2.91 bits per heavy atom. The Balaban J connectivity index is 2.86. The van der Waals surface area contributed by atoms with Gasteiger partial charge in [0.2, 0.25) is 0 Å². The molecule has 0 aliphatic heterocycles. The van der Waals surface area contributed by atoms with E-state index in [1.807, 2.05) is 13.8 Å². The lowest BCUT2D eigenvalue weighted by Gasteiger charge is -1.86. The molecule has 11 heavy (non-hydrogen) atoms. The molecule has 0 saturated carbocycles. The molecule has 0 saturated heterocycles. The first-order chi connectivity index (χ1) is 5.27. The van der Waals surface area contributed by atoms with Gasteiger partial charge >= 0.3 is 0 Å². The van der Waals surface area contributed by atoms with Crippen molar-refractivity contribution in [3.63, 3.8) is 0 Å². The summed E-state index contributed by atoms with van der Waals surface area (Å²) in [4.78, 5) is 17.4. The van der Waals surface area contributed by atoms with Gasteiger partial charge in [0.05, 0.1) is 5.69 Å².